The average Bonchev–Trinajstić information content (AvgIpc) is 2.45. The van der Waals surface area contributed by atoms with Gasteiger partial charge in [-0.3, -0.25) is 4.79 Å². The number of aryl methyl sites for hydroxylation is 1. The minimum atomic E-state index is -0.757. The molecule has 0 unspecified atom stereocenters. The molecule has 0 fully saturated rings. The normalized spacial score (nSPS) is 10.8. The van der Waals surface area contributed by atoms with Crippen LogP contribution >= 0.6 is 0 Å². The molecule has 0 aliphatic heterocycles. The first-order valence-corrected chi connectivity index (χ1v) is 8.01. The van der Waals surface area contributed by atoms with Crippen LogP contribution in [0.2, 0.25) is 0 Å². The lowest BCUT2D eigenvalue weighted by atomic mass is 10.0. The Morgan fingerprint density at radius 3 is 2.38 bits per heavy atom. The maximum absolute atomic E-state index is 10.5. The second kappa shape index (κ2) is 10.3. The van der Waals surface area contributed by atoms with Crippen LogP contribution in [0.15, 0.2) is 24.3 Å². The lowest BCUT2D eigenvalue weighted by Crippen LogP contribution is -1.99. The van der Waals surface area contributed by atoms with E-state index in [1.807, 2.05) is 24.3 Å². The molecule has 0 aliphatic rings. The van der Waals surface area contributed by atoms with E-state index < -0.39 is 5.97 Å². The number of unbranched alkanes of at least 4 members (excludes halogenated alkanes) is 3. The molecule has 0 saturated carbocycles. The molecule has 1 rings (SSSR count). The highest BCUT2D eigenvalue weighted by atomic mass is 16.5. The van der Waals surface area contributed by atoms with Crippen LogP contribution in [-0.4, -0.2) is 17.7 Å². The topological polar surface area (TPSA) is 46.5 Å². The lowest BCUT2D eigenvalue weighted by molar-refractivity contribution is -0.136. The fraction of sp³-hybridized carbons (Fsp3) is 0.611. The van der Waals surface area contributed by atoms with Gasteiger partial charge in [0.15, 0.2) is 0 Å². The van der Waals surface area contributed by atoms with Crippen LogP contribution in [0.1, 0.15) is 57.9 Å². The average molecular weight is 292 g/mol. The Hall–Kier alpha value is -1.51. The molecule has 3 nitrogen and oxygen atoms in total. The molecule has 0 heterocycles. The summed E-state index contributed by atoms with van der Waals surface area (Å²) in [6, 6.07) is 7.74. The Morgan fingerprint density at radius 2 is 1.76 bits per heavy atom. The van der Waals surface area contributed by atoms with Gasteiger partial charge >= 0.3 is 5.97 Å². The molecule has 0 saturated heterocycles. The van der Waals surface area contributed by atoms with Gasteiger partial charge in [-0.15, -0.1) is 0 Å². The molecular weight excluding hydrogens is 264 g/mol. The molecule has 1 N–H and O–H groups in total. The van der Waals surface area contributed by atoms with E-state index in [2.05, 4.69) is 13.8 Å². The fourth-order valence-corrected chi connectivity index (χ4v) is 2.20. The molecule has 0 bridgehead atoms. The third-order valence-corrected chi connectivity index (χ3v) is 3.50. The highest BCUT2D eigenvalue weighted by molar-refractivity contribution is 5.67. The van der Waals surface area contributed by atoms with Crippen LogP contribution in [-0.2, 0) is 11.2 Å². The standard InChI is InChI=1S/C18H28O3/c1-15(2)7-5-3-4-6-14-21-17-11-8-16(9-12-17)10-13-18(19)20/h8-9,11-12,15H,3-7,10,13-14H2,1-2H3,(H,19,20). The van der Waals surface area contributed by atoms with Crippen LogP contribution < -0.4 is 4.74 Å². The van der Waals surface area contributed by atoms with Crippen molar-refractivity contribution < 1.29 is 14.6 Å². The van der Waals surface area contributed by atoms with E-state index in [-0.39, 0.29) is 6.42 Å². The van der Waals surface area contributed by atoms with Gasteiger partial charge in [-0.1, -0.05) is 51.7 Å². The van der Waals surface area contributed by atoms with E-state index >= 15 is 0 Å². The minimum Gasteiger partial charge on any atom is -0.494 e. The van der Waals surface area contributed by atoms with Gasteiger partial charge < -0.3 is 9.84 Å². The molecular formula is C18H28O3. The van der Waals surface area contributed by atoms with Crippen molar-refractivity contribution in [1.29, 1.82) is 0 Å². The number of carbonyl (C=O) groups is 1. The number of carboxylic acids is 1. The van der Waals surface area contributed by atoms with Crippen LogP contribution in [0.5, 0.6) is 5.75 Å². The maximum Gasteiger partial charge on any atom is 0.303 e. The number of hydrogen-bond donors (Lipinski definition) is 1. The van der Waals surface area contributed by atoms with E-state index in [1.165, 1.54) is 25.7 Å². The van der Waals surface area contributed by atoms with Gasteiger partial charge in [-0.05, 0) is 36.5 Å². The number of aliphatic carboxylic acids is 1. The number of rotatable bonds is 11. The SMILES string of the molecule is CC(C)CCCCCCOc1ccc(CCC(=O)O)cc1. The van der Waals surface area contributed by atoms with E-state index in [0.717, 1.165) is 30.3 Å². The first-order valence-electron chi connectivity index (χ1n) is 8.01. The van der Waals surface area contributed by atoms with Gasteiger partial charge in [-0.25, -0.2) is 0 Å². The van der Waals surface area contributed by atoms with Gasteiger partial charge in [0.1, 0.15) is 5.75 Å². The van der Waals surface area contributed by atoms with Crippen molar-refractivity contribution in [3.05, 3.63) is 29.8 Å². The quantitative estimate of drug-likeness (QED) is 0.602. The second-order valence-electron chi connectivity index (χ2n) is 5.98. The van der Waals surface area contributed by atoms with Crippen LogP contribution in [0.3, 0.4) is 0 Å². The molecule has 1 aromatic carbocycles. The first kappa shape index (κ1) is 17.5. The van der Waals surface area contributed by atoms with E-state index in [4.69, 9.17) is 9.84 Å². The maximum atomic E-state index is 10.5. The van der Waals surface area contributed by atoms with Crippen molar-refractivity contribution in [1.82, 2.24) is 0 Å². The molecule has 0 atom stereocenters. The zero-order chi connectivity index (χ0) is 15.5. The van der Waals surface area contributed by atoms with E-state index in [1.54, 1.807) is 0 Å². The number of benzene rings is 1. The Balaban J connectivity index is 2.11. The molecule has 0 aromatic heterocycles. The minimum absolute atomic E-state index is 0.177. The summed E-state index contributed by atoms with van der Waals surface area (Å²) < 4.78 is 5.70. The lowest BCUT2D eigenvalue weighted by Gasteiger charge is -2.07. The van der Waals surface area contributed by atoms with Crippen molar-refractivity contribution in [3.63, 3.8) is 0 Å². The number of ether oxygens (including phenoxy) is 1. The zero-order valence-electron chi connectivity index (χ0n) is 13.3. The summed E-state index contributed by atoms with van der Waals surface area (Å²) in [6.45, 7) is 5.29. The van der Waals surface area contributed by atoms with Gasteiger partial charge in [0, 0.05) is 6.42 Å². The first-order chi connectivity index (χ1) is 10.1. The van der Waals surface area contributed by atoms with E-state index in [9.17, 15) is 4.79 Å². The van der Waals surface area contributed by atoms with Crippen molar-refractivity contribution in [2.24, 2.45) is 5.92 Å². The predicted octanol–water partition coefficient (Wildman–Crippen LogP) is 4.69. The molecule has 21 heavy (non-hydrogen) atoms. The van der Waals surface area contributed by atoms with Gasteiger partial charge in [0.05, 0.1) is 6.61 Å². The summed E-state index contributed by atoms with van der Waals surface area (Å²) >= 11 is 0. The molecule has 1 aromatic rings. The molecule has 0 amide bonds. The number of carboxylic acid groups (broad SMARTS) is 1. The van der Waals surface area contributed by atoms with Crippen molar-refractivity contribution in [2.75, 3.05) is 6.61 Å². The Morgan fingerprint density at radius 1 is 1.10 bits per heavy atom. The van der Waals surface area contributed by atoms with Gasteiger partial charge in [0.2, 0.25) is 0 Å². The van der Waals surface area contributed by atoms with Crippen LogP contribution in [0, 0.1) is 5.92 Å². The zero-order valence-corrected chi connectivity index (χ0v) is 13.3. The summed E-state index contributed by atoms with van der Waals surface area (Å²) in [4.78, 5) is 10.5. The van der Waals surface area contributed by atoms with Crippen LogP contribution in [0.25, 0.3) is 0 Å². The van der Waals surface area contributed by atoms with Crippen LogP contribution in [0.4, 0.5) is 0 Å². The van der Waals surface area contributed by atoms with Crippen molar-refractivity contribution in [3.8, 4) is 5.75 Å². The Kier molecular flexibility index (Phi) is 8.56. The van der Waals surface area contributed by atoms with Crippen molar-refractivity contribution in [2.45, 2.75) is 58.8 Å². The summed E-state index contributed by atoms with van der Waals surface area (Å²) in [7, 11) is 0. The number of hydrogen-bond acceptors (Lipinski definition) is 2. The Labute approximate surface area is 128 Å². The van der Waals surface area contributed by atoms with Crippen molar-refractivity contribution >= 4 is 5.97 Å². The smallest absolute Gasteiger partial charge is 0.303 e. The van der Waals surface area contributed by atoms with Gasteiger partial charge in [-0.2, -0.15) is 0 Å². The Bertz CT molecular complexity index is 395. The molecule has 0 aliphatic carbocycles. The second-order valence-corrected chi connectivity index (χ2v) is 5.98. The van der Waals surface area contributed by atoms with Gasteiger partial charge in [0.25, 0.3) is 0 Å². The summed E-state index contributed by atoms with van der Waals surface area (Å²) in [6.07, 6.45) is 6.99. The third-order valence-electron chi connectivity index (χ3n) is 3.50. The predicted molar refractivity (Wildman–Crippen MR) is 85.8 cm³/mol. The molecule has 118 valence electrons. The molecule has 0 spiro atoms. The highest BCUT2D eigenvalue weighted by Gasteiger charge is 2.00. The largest absolute Gasteiger partial charge is 0.494 e. The molecule has 0 radical (unpaired) electrons. The fourth-order valence-electron chi connectivity index (χ4n) is 2.20. The summed E-state index contributed by atoms with van der Waals surface area (Å²) in [5.74, 6) is 0.921. The monoisotopic (exact) mass is 292 g/mol. The van der Waals surface area contributed by atoms with E-state index in [0.29, 0.717) is 6.42 Å². The summed E-state index contributed by atoms with van der Waals surface area (Å²) in [5.41, 5.74) is 1.04. The molecule has 3 heteroatoms. The third kappa shape index (κ3) is 9.11. The highest BCUT2D eigenvalue weighted by Crippen LogP contribution is 2.15. The summed E-state index contributed by atoms with van der Waals surface area (Å²) in [5, 5.41) is 8.64.